The SMILES string of the molecule is O=C(C[S+]1CCC([N+](=O)[O-])C1)c1ccccc1.[Cl-]. The maximum absolute atomic E-state index is 11.9. The van der Waals surface area contributed by atoms with Crippen LogP contribution in [0.3, 0.4) is 0 Å². The molecule has 2 rings (SSSR count). The quantitative estimate of drug-likeness (QED) is 0.294. The fourth-order valence-electron chi connectivity index (χ4n) is 1.93. The highest BCUT2D eigenvalue weighted by Crippen LogP contribution is 2.18. The fraction of sp³-hybridized carbons (Fsp3) is 0.417. The lowest BCUT2D eigenvalue weighted by Crippen LogP contribution is -3.00. The molecule has 0 radical (unpaired) electrons. The zero-order valence-electron chi connectivity index (χ0n) is 9.75. The lowest BCUT2D eigenvalue weighted by Gasteiger charge is -2.00. The molecule has 0 saturated carbocycles. The number of rotatable bonds is 4. The van der Waals surface area contributed by atoms with E-state index in [9.17, 15) is 14.9 Å². The van der Waals surface area contributed by atoms with Crippen LogP contribution in [0.15, 0.2) is 30.3 Å². The van der Waals surface area contributed by atoms with Gasteiger partial charge in [0.25, 0.3) is 6.04 Å². The van der Waals surface area contributed by atoms with Gasteiger partial charge in [0.15, 0.2) is 11.5 Å². The van der Waals surface area contributed by atoms with E-state index in [1.54, 1.807) is 12.1 Å². The summed E-state index contributed by atoms with van der Waals surface area (Å²) in [6.45, 7) is 0. The van der Waals surface area contributed by atoms with E-state index in [2.05, 4.69) is 0 Å². The van der Waals surface area contributed by atoms with Crippen molar-refractivity contribution in [1.29, 1.82) is 0 Å². The fourth-order valence-corrected chi connectivity index (χ4v) is 4.34. The van der Waals surface area contributed by atoms with Gasteiger partial charge in [-0.1, -0.05) is 30.3 Å². The first-order chi connectivity index (χ1) is 8.16. The first-order valence-corrected chi connectivity index (χ1v) is 7.26. The van der Waals surface area contributed by atoms with E-state index in [0.717, 1.165) is 5.75 Å². The average molecular weight is 288 g/mol. The predicted molar refractivity (Wildman–Crippen MR) is 68.1 cm³/mol. The summed E-state index contributed by atoms with van der Waals surface area (Å²) in [6, 6.07) is 8.72. The van der Waals surface area contributed by atoms with Crippen LogP contribution in [0.5, 0.6) is 0 Å². The third-order valence-corrected chi connectivity index (χ3v) is 5.24. The van der Waals surface area contributed by atoms with Gasteiger partial charge in [-0.15, -0.1) is 0 Å². The van der Waals surface area contributed by atoms with E-state index in [-0.39, 0.29) is 34.0 Å². The van der Waals surface area contributed by atoms with Crippen LogP contribution in [-0.2, 0) is 10.9 Å². The monoisotopic (exact) mass is 287 g/mol. The maximum atomic E-state index is 11.9. The van der Waals surface area contributed by atoms with E-state index in [1.165, 1.54) is 0 Å². The van der Waals surface area contributed by atoms with Crippen molar-refractivity contribution in [3.63, 3.8) is 0 Å². The molecule has 1 saturated heterocycles. The van der Waals surface area contributed by atoms with Gasteiger partial charge in [0.05, 0.1) is 6.42 Å². The second-order valence-electron chi connectivity index (χ2n) is 4.14. The molecule has 2 atom stereocenters. The molecular weight excluding hydrogens is 274 g/mol. The number of hydrogen-bond acceptors (Lipinski definition) is 3. The number of nitrogens with zero attached hydrogens (tertiary/aromatic N) is 1. The molecule has 6 heteroatoms. The third kappa shape index (κ3) is 3.71. The molecule has 0 aliphatic carbocycles. The molecule has 1 fully saturated rings. The van der Waals surface area contributed by atoms with Gasteiger partial charge in [-0.25, -0.2) is 0 Å². The Balaban J connectivity index is 0.00000162. The number of Topliss-reactive ketones (excluding diaryl/α,β-unsaturated/α-hetero) is 1. The van der Waals surface area contributed by atoms with Crippen molar-refractivity contribution in [2.24, 2.45) is 0 Å². The molecule has 1 aromatic rings. The molecule has 0 aromatic heterocycles. The molecule has 18 heavy (non-hydrogen) atoms. The second kappa shape index (κ2) is 6.75. The summed E-state index contributed by atoms with van der Waals surface area (Å²) >= 11 is 0. The zero-order valence-corrected chi connectivity index (χ0v) is 11.3. The summed E-state index contributed by atoms with van der Waals surface area (Å²) in [5.74, 6) is 1.97. The standard InChI is InChI=1S/C12H14NO3S.ClH/c14-12(10-4-2-1-3-5-10)9-17-7-6-11(8-17)13(15)16;/h1-5,11H,6-9H2;1H/q+1;/p-1. The Morgan fingerprint density at radius 2 is 2.06 bits per heavy atom. The van der Waals surface area contributed by atoms with Gasteiger partial charge in [0.1, 0.15) is 5.75 Å². The van der Waals surface area contributed by atoms with Crippen molar-refractivity contribution in [1.82, 2.24) is 0 Å². The highest BCUT2D eigenvalue weighted by Gasteiger charge is 2.41. The Morgan fingerprint density at radius 3 is 2.61 bits per heavy atom. The minimum Gasteiger partial charge on any atom is -1.00 e. The first kappa shape index (κ1) is 15.0. The molecule has 0 amide bonds. The van der Waals surface area contributed by atoms with Gasteiger partial charge in [-0.05, 0) is 0 Å². The number of ketones is 1. The number of halogens is 1. The first-order valence-electron chi connectivity index (χ1n) is 5.52. The predicted octanol–water partition coefficient (Wildman–Crippen LogP) is -1.46. The lowest BCUT2D eigenvalue weighted by atomic mass is 10.2. The smallest absolute Gasteiger partial charge is 0.261 e. The van der Waals surface area contributed by atoms with Crippen molar-refractivity contribution < 1.29 is 22.1 Å². The normalized spacial score (nSPS) is 22.2. The van der Waals surface area contributed by atoms with Crippen molar-refractivity contribution in [2.45, 2.75) is 12.5 Å². The largest absolute Gasteiger partial charge is 1.00 e. The zero-order chi connectivity index (χ0) is 12.3. The summed E-state index contributed by atoms with van der Waals surface area (Å²) in [6.07, 6.45) is 0.623. The van der Waals surface area contributed by atoms with Crippen LogP contribution in [0.2, 0.25) is 0 Å². The maximum Gasteiger partial charge on any atom is 0.261 e. The molecule has 1 heterocycles. The van der Waals surface area contributed by atoms with Crippen molar-refractivity contribution in [3.8, 4) is 0 Å². The number of hydrogen-bond donors (Lipinski definition) is 0. The van der Waals surface area contributed by atoms with Crippen LogP contribution in [0.1, 0.15) is 16.8 Å². The molecule has 98 valence electrons. The van der Waals surface area contributed by atoms with Crippen molar-refractivity contribution >= 4 is 16.7 Å². The average Bonchev–Trinajstić information content (AvgIpc) is 2.79. The van der Waals surface area contributed by atoms with Crippen LogP contribution >= 0.6 is 0 Å². The third-order valence-electron chi connectivity index (χ3n) is 2.90. The molecule has 0 spiro atoms. The molecule has 2 unspecified atom stereocenters. The van der Waals surface area contributed by atoms with Crippen LogP contribution in [0.4, 0.5) is 0 Å². The van der Waals surface area contributed by atoms with Gasteiger partial charge in [-0.3, -0.25) is 14.9 Å². The summed E-state index contributed by atoms with van der Waals surface area (Å²) in [5, 5.41) is 10.6. The highest BCUT2D eigenvalue weighted by molar-refractivity contribution is 7.97. The summed E-state index contributed by atoms with van der Waals surface area (Å²) in [4.78, 5) is 22.3. The minimum atomic E-state index is -0.429. The lowest BCUT2D eigenvalue weighted by molar-refractivity contribution is -0.515. The van der Waals surface area contributed by atoms with Gasteiger partial charge < -0.3 is 12.4 Å². The van der Waals surface area contributed by atoms with Gasteiger partial charge in [0.2, 0.25) is 5.78 Å². The van der Waals surface area contributed by atoms with E-state index < -0.39 is 6.04 Å². The van der Waals surface area contributed by atoms with Crippen molar-refractivity contribution in [2.75, 3.05) is 17.3 Å². The van der Waals surface area contributed by atoms with Crippen LogP contribution in [-0.4, -0.2) is 34.0 Å². The van der Waals surface area contributed by atoms with Crippen LogP contribution in [0, 0.1) is 10.1 Å². The summed E-state index contributed by atoms with van der Waals surface area (Å²) < 4.78 is 0. The molecule has 4 nitrogen and oxygen atoms in total. The van der Waals surface area contributed by atoms with E-state index in [0.29, 0.717) is 23.5 Å². The molecule has 1 aromatic carbocycles. The molecule has 0 bridgehead atoms. The number of benzene rings is 1. The van der Waals surface area contributed by atoms with E-state index in [4.69, 9.17) is 0 Å². The van der Waals surface area contributed by atoms with Gasteiger partial charge in [-0.2, -0.15) is 0 Å². The van der Waals surface area contributed by atoms with E-state index in [1.807, 2.05) is 18.2 Å². The minimum absolute atomic E-state index is 0. The molecule has 1 aliphatic heterocycles. The van der Waals surface area contributed by atoms with Crippen LogP contribution < -0.4 is 12.4 Å². The highest BCUT2D eigenvalue weighted by atomic mass is 35.5. The number of carbonyl (C=O) groups is 1. The van der Waals surface area contributed by atoms with Gasteiger partial charge in [0, 0.05) is 21.4 Å². The second-order valence-corrected chi connectivity index (χ2v) is 6.40. The molecular formula is C12H14ClNO3S. The van der Waals surface area contributed by atoms with E-state index >= 15 is 0 Å². The molecule has 0 N–H and O–H groups in total. The summed E-state index contributed by atoms with van der Waals surface area (Å²) in [5.41, 5.74) is 0.713. The number of nitro groups is 1. The Morgan fingerprint density at radius 1 is 1.39 bits per heavy atom. The van der Waals surface area contributed by atoms with Crippen LogP contribution in [0.25, 0.3) is 0 Å². The number of carbonyl (C=O) groups excluding carboxylic acids is 1. The summed E-state index contributed by atoms with van der Waals surface area (Å²) in [7, 11) is -0.0997. The Labute approximate surface area is 115 Å². The molecule has 1 aliphatic rings. The van der Waals surface area contributed by atoms with Gasteiger partial charge >= 0.3 is 0 Å². The Kier molecular flexibility index (Phi) is 5.62. The Bertz CT molecular complexity index is 427. The Hall–Kier alpha value is -1.07. The van der Waals surface area contributed by atoms with Crippen molar-refractivity contribution in [3.05, 3.63) is 46.0 Å². The topological polar surface area (TPSA) is 60.2 Å².